The van der Waals surface area contributed by atoms with E-state index in [1.165, 1.54) is 24.0 Å². The van der Waals surface area contributed by atoms with Gasteiger partial charge in [-0.2, -0.15) is 10.2 Å². The zero-order chi connectivity index (χ0) is 10.8. The first-order chi connectivity index (χ1) is 7.24. The van der Waals surface area contributed by atoms with Crippen molar-refractivity contribution in [3.05, 3.63) is 23.8 Å². The molecule has 0 bridgehead atoms. The van der Waals surface area contributed by atoms with Crippen LogP contribution in [0.1, 0.15) is 16.2 Å². The Bertz CT molecular complexity index is 568. The molecule has 0 saturated heterocycles. The first-order valence-corrected chi connectivity index (χ1v) is 3.95. The summed E-state index contributed by atoms with van der Waals surface area (Å²) in [5.41, 5.74) is 0.337. The summed E-state index contributed by atoms with van der Waals surface area (Å²) in [6.45, 7) is 0. The summed E-state index contributed by atoms with van der Waals surface area (Å²) in [5.74, 6) is -0.478. The van der Waals surface area contributed by atoms with E-state index < -0.39 is 5.97 Å². The highest BCUT2D eigenvalue weighted by atomic mass is 16.5. The number of hydrogen-bond donors (Lipinski definition) is 0. The van der Waals surface area contributed by atoms with Crippen LogP contribution in [0.2, 0.25) is 0 Å². The fraction of sp³-hybridized carbons (Fsp3) is 0.125. The van der Waals surface area contributed by atoms with Gasteiger partial charge in [0.1, 0.15) is 6.07 Å². The average molecular weight is 203 g/mol. The predicted molar refractivity (Wildman–Crippen MR) is 46.8 cm³/mol. The van der Waals surface area contributed by atoms with Gasteiger partial charge >= 0.3 is 5.97 Å². The zero-order valence-electron chi connectivity index (χ0n) is 7.71. The molecule has 0 aliphatic heterocycles. The van der Waals surface area contributed by atoms with Gasteiger partial charge in [-0.05, 0) is 0 Å². The molecule has 2 aromatic rings. The number of methoxy groups -OCH3 is 1. The Morgan fingerprint density at radius 2 is 2.47 bits per heavy atom. The van der Waals surface area contributed by atoms with Crippen LogP contribution in [0.25, 0.3) is 5.78 Å². The maximum Gasteiger partial charge on any atom is 0.378 e. The molecule has 0 unspecified atom stereocenters. The Morgan fingerprint density at radius 3 is 3.13 bits per heavy atom. The predicted octanol–water partition coefficient (Wildman–Crippen LogP) is -0.217. The Labute approximate surface area is 83.9 Å². The first-order valence-electron chi connectivity index (χ1n) is 3.95. The molecule has 0 spiro atoms. The lowest BCUT2D eigenvalue weighted by Crippen LogP contribution is -2.03. The van der Waals surface area contributed by atoms with Crippen LogP contribution in [0.15, 0.2) is 12.4 Å². The Morgan fingerprint density at radius 1 is 1.67 bits per heavy atom. The van der Waals surface area contributed by atoms with Crippen LogP contribution in [-0.4, -0.2) is 32.7 Å². The fourth-order valence-electron chi connectivity index (χ4n) is 1.02. The molecule has 2 heterocycles. The second-order valence-electron chi connectivity index (χ2n) is 2.63. The SMILES string of the molecule is COC(=O)c1nc2ncc(C#N)cn2n1. The maximum absolute atomic E-state index is 11.1. The normalized spacial score (nSPS) is 9.87. The first kappa shape index (κ1) is 9.08. The van der Waals surface area contributed by atoms with Gasteiger partial charge in [0.2, 0.25) is 0 Å². The monoisotopic (exact) mass is 203 g/mol. The lowest BCUT2D eigenvalue weighted by molar-refractivity contribution is 0.0587. The van der Waals surface area contributed by atoms with Crippen LogP contribution in [0.4, 0.5) is 0 Å². The van der Waals surface area contributed by atoms with Crippen molar-refractivity contribution in [1.29, 1.82) is 5.26 Å². The van der Waals surface area contributed by atoms with E-state index in [2.05, 4.69) is 19.8 Å². The molecule has 2 aromatic heterocycles. The molecule has 7 heteroatoms. The minimum absolute atomic E-state index is 0.0833. The molecular weight excluding hydrogens is 198 g/mol. The lowest BCUT2D eigenvalue weighted by Gasteiger charge is -1.89. The molecule has 0 saturated carbocycles. The van der Waals surface area contributed by atoms with Gasteiger partial charge < -0.3 is 4.74 Å². The minimum Gasteiger partial charge on any atom is -0.463 e. The quantitative estimate of drug-likeness (QED) is 0.595. The van der Waals surface area contributed by atoms with Crippen LogP contribution in [-0.2, 0) is 4.74 Å². The molecule has 2 rings (SSSR count). The second kappa shape index (κ2) is 3.34. The van der Waals surface area contributed by atoms with Gasteiger partial charge in [0.15, 0.2) is 0 Å². The summed E-state index contributed by atoms with van der Waals surface area (Å²) >= 11 is 0. The number of aromatic nitrogens is 4. The molecule has 0 amide bonds. The topological polar surface area (TPSA) is 93.2 Å². The third-order valence-corrected chi connectivity index (χ3v) is 1.69. The highest BCUT2D eigenvalue weighted by molar-refractivity contribution is 5.85. The van der Waals surface area contributed by atoms with Gasteiger partial charge in [0, 0.05) is 0 Å². The van der Waals surface area contributed by atoms with E-state index in [9.17, 15) is 4.79 Å². The van der Waals surface area contributed by atoms with E-state index in [0.29, 0.717) is 5.56 Å². The standard InChI is InChI=1S/C8H5N5O2/c1-15-7(14)6-11-8-10-3-5(2-9)4-13(8)12-6/h3-4H,1H3. The number of carbonyl (C=O) groups excluding carboxylic acids is 1. The van der Waals surface area contributed by atoms with Gasteiger partial charge in [-0.25, -0.2) is 14.3 Å². The van der Waals surface area contributed by atoms with Crippen molar-refractivity contribution in [3.63, 3.8) is 0 Å². The second-order valence-corrected chi connectivity index (χ2v) is 2.63. The molecule has 0 radical (unpaired) electrons. The molecule has 7 nitrogen and oxygen atoms in total. The molecule has 0 fully saturated rings. The summed E-state index contributed by atoms with van der Waals surface area (Å²) in [6, 6.07) is 1.90. The van der Waals surface area contributed by atoms with Crippen molar-refractivity contribution in [3.8, 4) is 6.07 Å². The highest BCUT2D eigenvalue weighted by Crippen LogP contribution is 2.01. The van der Waals surface area contributed by atoms with Crippen molar-refractivity contribution in [1.82, 2.24) is 19.6 Å². The van der Waals surface area contributed by atoms with Crippen molar-refractivity contribution in [2.75, 3.05) is 7.11 Å². The van der Waals surface area contributed by atoms with E-state index in [1.807, 2.05) is 6.07 Å². The number of esters is 1. The minimum atomic E-state index is -0.640. The third-order valence-electron chi connectivity index (χ3n) is 1.69. The average Bonchev–Trinajstić information content (AvgIpc) is 2.70. The Balaban J connectivity index is 2.57. The third kappa shape index (κ3) is 1.48. The van der Waals surface area contributed by atoms with Crippen LogP contribution in [0.5, 0.6) is 0 Å². The fourth-order valence-corrected chi connectivity index (χ4v) is 1.02. The van der Waals surface area contributed by atoms with Gasteiger partial charge in [-0.3, -0.25) is 0 Å². The number of ether oxygens (including phenoxy) is 1. The molecule has 0 aromatic carbocycles. The summed E-state index contributed by atoms with van der Waals surface area (Å²) < 4.78 is 5.71. The van der Waals surface area contributed by atoms with Crippen LogP contribution < -0.4 is 0 Å². The van der Waals surface area contributed by atoms with Crippen molar-refractivity contribution in [2.45, 2.75) is 0 Å². The lowest BCUT2D eigenvalue weighted by atomic mass is 10.4. The Kier molecular flexibility index (Phi) is 2.02. The van der Waals surface area contributed by atoms with Gasteiger partial charge in [-0.15, -0.1) is 5.10 Å². The number of nitriles is 1. The van der Waals surface area contributed by atoms with E-state index in [4.69, 9.17) is 5.26 Å². The highest BCUT2D eigenvalue weighted by Gasteiger charge is 2.13. The van der Waals surface area contributed by atoms with Crippen LogP contribution in [0.3, 0.4) is 0 Å². The maximum atomic E-state index is 11.1. The summed E-state index contributed by atoms with van der Waals surface area (Å²) in [7, 11) is 1.24. The van der Waals surface area contributed by atoms with Crippen molar-refractivity contribution in [2.24, 2.45) is 0 Å². The molecular formula is C8H5N5O2. The van der Waals surface area contributed by atoms with Gasteiger partial charge in [-0.1, -0.05) is 0 Å². The molecule has 0 aliphatic carbocycles. The number of rotatable bonds is 1. The van der Waals surface area contributed by atoms with Crippen molar-refractivity contribution >= 4 is 11.7 Å². The molecule has 0 aliphatic rings. The van der Waals surface area contributed by atoms with E-state index in [1.54, 1.807) is 0 Å². The smallest absolute Gasteiger partial charge is 0.378 e. The Hall–Kier alpha value is -2.49. The van der Waals surface area contributed by atoms with Gasteiger partial charge in [0.05, 0.1) is 25.1 Å². The molecule has 0 N–H and O–H groups in total. The van der Waals surface area contributed by atoms with Gasteiger partial charge in [0.25, 0.3) is 11.6 Å². The van der Waals surface area contributed by atoms with Crippen LogP contribution in [0, 0.1) is 11.3 Å². The summed E-state index contributed by atoms with van der Waals surface area (Å²) in [6.07, 6.45) is 2.78. The van der Waals surface area contributed by atoms with E-state index >= 15 is 0 Å². The molecule has 0 atom stereocenters. The summed E-state index contributed by atoms with van der Waals surface area (Å²) in [4.78, 5) is 18.7. The van der Waals surface area contributed by atoms with E-state index in [-0.39, 0.29) is 11.6 Å². The number of fused-ring (bicyclic) bond motifs is 1. The summed E-state index contributed by atoms with van der Waals surface area (Å²) in [5, 5.41) is 12.4. The van der Waals surface area contributed by atoms with Crippen molar-refractivity contribution < 1.29 is 9.53 Å². The van der Waals surface area contributed by atoms with Crippen LogP contribution >= 0.6 is 0 Å². The molecule has 15 heavy (non-hydrogen) atoms. The number of nitrogens with zero attached hydrogens (tertiary/aromatic N) is 5. The van der Waals surface area contributed by atoms with E-state index in [0.717, 1.165) is 0 Å². The molecule has 74 valence electrons. The number of hydrogen-bond acceptors (Lipinski definition) is 6. The zero-order valence-corrected chi connectivity index (χ0v) is 7.71. The largest absolute Gasteiger partial charge is 0.463 e. The number of carbonyl (C=O) groups is 1.